The van der Waals surface area contributed by atoms with Crippen molar-refractivity contribution in [1.82, 2.24) is 0 Å². The lowest BCUT2D eigenvalue weighted by Gasteiger charge is -2.22. The SMILES string of the molecule is CCOC1Oc2cc(C(=O)OC)cc(Oc3c(C(=O)OC)cc(OCc4ccccc4)c(OCc4ccccc4)c3OCc3ccccc3)c2O1. The van der Waals surface area contributed by atoms with Crippen LogP contribution in [-0.4, -0.2) is 39.2 Å². The summed E-state index contributed by atoms with van der Waals surface area (Å²) in [4.78, 5) is 26.3. The van der Waals surface area contributed by atoms with Gasteiger partial charge in [0, 0.05) is 6.07 Å². The molecule has 0 aromatic heterocycles. The number of benzene rings is 5. The molecule has 0 bridgehead atoms. The van der Waals surface area contributed by atoms with E-state index in [9.17, 15) is 9.59 Å². The topological polar surface area (TPSA) is 117 Å². The maximum absolute atomic E-state index is 13.6. The van der Waals surface area contributed by atoms with Crippen molar-refractivity contribution in [3.63, 3.8) is 0 Å². The van der Waals surface area contributed by atoms with E-state index in [4.69, 9.17) is 42.6 Å². The molecule has 0 radical (unpaired) electrons. The molecule has 0 aliphatic carbocycles. The number of fused-ring (bicyclic) bond motifs is 1. The fourth-order valence-electron chi connectivity index (χ4n) is 5.16. The summed E-state index contributed by atoms with van der Waals surface area (Å²) in [6, 6.07) is 32.9. The number of rotatable bonds is 15. The van der Waals surface area contributed by atoms with Crippen LogP contribution in [0, 0.1) is 0 Å². The van der Waals surface area contributed by atoms with Crippen LogP contribution in [0.1, 0.15) is 44.3 Å². The van der Waals surface area contributed by atoms with Gasteiger partial charge in [-0.2, -0.15) is 0 Å². The molecule has 5 aromatic rings. The van der Waals surface area contributed by atoms with Crippen LogP contribution in [0.4, 0.5) is 0 Å². The minimum atomic E-state index is -1.10. The summed E-state index contributed by atoms with van der Waals surface area (Å²) in [6.45, 7) is 1.31. The van der Waals surface area contributed by atoms with Gasteiger partial charge in [0.15, 0.2) is 23.0 Å². The number of methoxy groups -OCH3 is 2. The summed E-state index contributed by atoms with van der Waals surface area (Å²) in [5.41, 5.74) is 2.64. The van der Waals surface area contributed by atoms with Crippen molar-refractivity contribution in [2.45, 2.75) is 33.2 Å². The second-order valence-electron chi connectivity index (χ2n) is 11.1. The molecule has 0 spiro atoms. The monoisotopic (exact) mass is 692 g/mol. The molecule has 0 amide bonds. The molecule has 5 aromatic carbocycles. The molecule has 11 heteroatoms. The Balaban J connectivity index is 1.52. The molecule has 1 atom stereocenters. The van der Waals surface area contributed by atoms with Crippen LogP contribution in [0.15, 0.2) is 109 Å². The zero-order valence-corrected chi connectivity index (χ0v) is 28.3. The Bertz CT molecular complexity index is 1950. The average Bonchev–Trinajstić information content (AvgIpc) is 3.59. The first-order valence-electron chi connectivity index (χ1n) is 16.2. The molecule has 0 fully saturated rings. The van der Waals surface area contributed by atoms with Gasteiger partial charge in [-0.05, 0) is 35.7 Å². The Labute approximate surface area is 295 Å². The summed E-state index contributed by atoms with van der Waals surface area (Å²) in [5, 5.41) is 0. The summed E-state index contributed by atoms with van der Waals surface area (Å²) in [5.74, 6) is -0.775. The molecule has 1 aliphatic heterocycles. The van der Waals surface area contributed by atoms with Gasteiger partial charge in [-0.25, -0.2) is 9.59 Å². The summed E-state index contributed by atoms with van der Waals surface area (Å²) in [7, 11) is 2.51. The first kappa shape index (κ1) is 34.7. The average molecular weight is 693 g/mol. The van der Waals surface area contributed by atoms with Crippen LogP contribution in [0.25, 0.3) is 0 Å². The standard InChI is InChI=1S/C40H36O11/c1-4-45-40-50-33-21-29(38(41)43-2)20-32(35(33)51-40)49-34-30(39(42)44-3)22-31(46-23-26-14-8-5-9-15-26)36(47-24-27-16-10-6-11-17-27)37(34)48-25-28-18-12-7-13-19-28/h5-22,40H,4,23-25H2,1-3H3. The number of carbonyl (C=O) groups is 2. The lowest BCUT2D eigenvalue weighted by molar-refractivity contribution is -0.173. The van der Waals surface area contributed by atoms with Gasteiger partial charge >= 0.3 is 18.4 Å². The van der Waals surface area contributed by atoms with Gasteiger partial charge in [0.1, 0.15) is 25.4 Å². The van der Waals surface area contributed by atoms with E-state index in [-0.39, 0.29) is 77.8 Å². The molecule has 0 N–H and O–H groups in total. The number of hydrogen-bond acceptors (Lipinski definition) is 11. The minimum absolute atomic E-state index is 0.0109. The largest absolute Gasteiger partial charge is 0.485 e. The van der Waals surface area contributed by atoms with Crippen molar-refractivity contribution < 1.29 is 52.2 Å². The van der Waals surface area contributed by atoms with E-state index in [1.807, 2.05) is 91.0 Å². The third-order valence-electron chi connectivity index (χ3n) is 7.64. The Hall–Kier alpha value is -6.20. The van der Waals surface area contributed by atoms with Crippen molar-refractivity contribution in [3.05, 3.63) is 137 Å². The van der Waals surface area contributed by atoms with Crippen LogP contribution >= 0.6 is 0 Å². The zero-order valence-electron chi connectivity index (χ0n) is 28.3. The van der Waals surface area contributed by atoms with Crippen molar-refractivity contribution in [1.29, 1.82) is 0 Å². The Morgan fingerprint density at radius 2 is 1.16 bits per heavy atom. The van der Waals surface area contributed by atoms with Gasteiger partial charge in [0.2, 0.25) is 17.2 Å². The normalized spacial score (nSPS) is 12.9. The van der Waals surface area contributed by atoms with E-state index in [0.717, 1.165) is 16.7 Å². The summed E-state index contributed by atoms with van der Waals surface area (Å²) < 4.78 is 53.3. The van der Waals surface area contributed by atoms with Crippen molar-refractivity contribution >= 4 is 11.9 Å². The number of carbonyl (C=O) groups excluding carboxylic acids is 2. The van der Waals surface area contributed by atoms with Crippen LogP contribution in [0.3, 0.4) is 0 Å². The van der Waals surface area contributed by atoms with Crippen LogP contribution in [0.2, 0.25) is 0 Å². The molecule has 11 nitrogen and oxygen atoms in total. The highest BCUT2D eigenvalue weighted by atomic mass is 16.9. The number of esters is 2. The van der Waals surface area contributed by atoms with E-state index in [1.165, 1.54) is 32.4 Å². The highest BCUT2D eigenvalue weighted by Gasteiger charge is 2.34. The van der Waals surface area contributed by atoms with Crippen LogP contribution in [0.5, 0.6) is 40.2 Å². The fourth-order valence-corrected chi connectivity index (χ4v) is 5.16. The number of hydrogen-bond donors (Lipinski definition) is 0. The quantitative estimate of drug-likeness (QED) is 0.0998. The molecule has 1 aliphatic rings. The Morgan fingerprint density at radius 3 is 1.71 bits per heavy atom. The van der Waals surface area contributed by atoms with Gasteiger partial charge in [0.05, 0.1) is 26.4 Å². The lowest BCUT2D eigenvalue weighted by atomic mass is 10.1. The molecule has 1 unspecified atom stereocenters. The molecule has 51 heavy (non-hydrogen) atoms. The van der Waals surface area contributed by atoms with Gasteiger partial charge < -0.3 is 42.6 Å². The molecule has 0 saturated carbocycles. The van der Waals surface area contributed by atoms with Crippen LogP contribution < -0.4 is 28.4 Å². The Kier molecular flexibility index (Phi) is 11.2. The molecule has 262 valence electrons. The van der Waals surface area contributed by atoms with E-state index < -0.39 is 18.4 Å². The van der Waals surface area contributed by atoms with Gasteiger partial charge in [-0.15, -0.1) is 0 Å². The first-order valence-corrected chi connectivity index (χ1v) is 16.2. The smallest absolute Gasteiger partial charge is 0.361 e. The third-order valence-corrected chi connectivity index (χ3v) is 7.64. The van der Waals surface area contributed by atoms with Gasteiger partial charge in [-0.1, -0.05) is 91.0 Å². The van der Waals surface area contributed by atoms with Gasteiger partial charge in [-0.3, -0.25) is 0 Å². The van der Waals surface area contributed by atoms with E-state index in [1.54, 1.807) is 6.92 Å². The van der Waals surface area contributed by atoms with Crippen molar-refractivity contribution in [3.8, 4) is 40.2 Å². The predicted octanol–water partition coefficient (Wildman–Crippen LogP) is 7.88. The molecule has 0 saturated heterocycles. The predicted molar refractivity (Wildman–Crippen MR) is 185 cm³/mol. The van der Waals surface area contributed by atoms with Crippen molar-refractivity contribution in [2.75, 3.05) is 20.8 Å². The van der Waals surface area contributed by atoms with E-state index in [2.05, 4.69) is 0 Å². The Morgan fingerprint density at radius 1 is 0.608 bits per heavy atom. The van der Waals surface area contributed by atoms with Crippen molar-refractivity contribution in [2.24, 2.45) is 0 Å². The zero-order chi connectivity index (χ0) is 35.6. The first-order chi connectivity index (χ1) is 25.0. The lowest BCUT2D eigenvalue weighted by Crippen LogP contribution is -2.21. The van der Waals surface area contributed by atoms with Crippen LogP contribution in [-0.2, 0) is 34.0 Å². The second kappa shape index (κ2) is 16.5. The summed E-state index contributed by atoms with van der Waals surface area (Å²) in [6.07, 6.45) is 0. The molecule has 6 rings (SSSR count). The third kappa shape index (κ3) is 8.34. The highest BCUT2D eigenvalue weighted by Crippen LogP contribution is 2.53. The maximum atomic E-state index is 13.6. The number of ether oxygens (including phenoxy) is 9. The fraction of sp³-hybridized carbons (Fsp3) is 0.200. The highest BCUT2D eigenvalue weighted by molar-refractivity contribution is 5.96. The molecular weight excluding hydrogens is 656 g/mol. The molecule has 1 heterocycles. The van der Waals surface area contributed by atoms with E-state index >= 15 is 0 Å². The maximum Gasteiger partial charge on any atom is 0.361 e. The second-order valence-corrected chi connectivity index (χ2v) is 11.1. The summed E-state index contributed by atoms with van der Waals surface area (Å²) >= 11 is 0. The minimum Gasteiger partial charge on any atom is -0.485 e. The van der Waals surface area contributed by atoms with Gasteiger partial charge in [0.25, 0.3) is 0 Å². The van der Waals surface area contributed by atoms with E-state index in [0.29, 0.717) is 0 Å². The molecular formula is C40H36O11.